The summed E-state index contributed by atoms with van der Waals surface area (Å²) in [6.07, 6.45) is 0. The van der Waals surface area contributed by atoms with Crippen molar-refractivity contribution in [3.63, 3.8) is 0 Å². The van der Waals surface area contributed by atoms with E-state index < -0.39 is 6.04 Å². The summed E-state index contributed by atoms with van der Waals surface area (Å²) in [5, 5.41) is 1.86. The van der Waals surface area contributed by atoms with Gasteiger partial charge in [0, 0.05) is 31.3 Å². The predicted molar refractivity (Wildman–Crippen MR) is 96.7 cm³/mol. The fourth-order valence-electron chi connectivity index (χ4n) is 2.89. The van der Waals surface area contributed by atoms with Crippen molar-refractivity contribution in [1.29, 1.82) is 0 Å². The van der Waals surface area contributed by atoms with E-state index in [1.165, 1.54) is 11.3 Å². The van der Waals surface area contributed by atoms with E-state index in [4.69, 9.17) is 9.47 Å². The molecule has 6 nitrogen and oxygen atoms in total. The van der Waals surface area contributed by atoms with Crippen LogP contribution in [0.3, 0.4) is 0 Å². The largest absolute Gasteiger partial charge is 0.497 e. The van der Waals surface area contributed by atoms with Gasteiger partial charge in [-0.25, -0.2) is 0 Å². The summed E-state index contributed by atoms with van der Waals surface area (Å²) in [4.78, 5) is 29.4. The second kappa shape index (κ2) is 7.14. The van der Waals surface area contributed by atoms with Crippen LogP contribution in [0.25, 0.3) is 0 Å². The van der Waals surface area contributed by atoms with Crippen LogP contribution < -0.4 is 14.4 Å². The van der Waals surface area contributed by atoms with E-state index in [0.717, 1.165) is 0 Å². The lowest BCUT2D eigenvalue weighted by Gasteiger charge is -2.39. The molecule has 0 spiro atoms. The van der Waals surface area contributed by atoms with E-state index in [2.05, 4.69) is 0 Å². The van der Waals surface area contributed by atoms with Crippen LogP contribution in [0.15, 0.2) is 35.7 Å². The highest BCUT2D eigenvalue weighted by Gasteiger charge is 2.35. The quantitative estimate of drug-likeness (QED) is 0.841. The molecule has 1 aromatic carbocycles. The molecular weight excluding hydrogens is 340 g/mol. The monoisotopic (exact) mass is 360 g/mol. The fraction of sp³-hybridized carbons (Fsp3) is 0.333. The first-order chi connectivity index (χ1) is 12.0. The maximum atomic E-state index is 12.9. The zero-order valence-corrected chi connectivity index (χ0v) is 15.2. The molecule has 0 aliphatic carbocycles. The number of piperazine rings is 1. The van der Waals surface area contributed by atoms with Gasteiger partial charge in [-0.3, -0.25) is 9.59 Å². The van der Waals surface area contributed by atoms with Crippen LogP contribution in [0.5, 0.6) is 11.5 Å². The Morgan fingerprint density at radius 1 is 1.16 bits per heavy atom. The summed E-state index contributed by atoms with van der Waals surface area (Å²) < 4.78 is 10.6. The molecule has 0 saturated carbocycles. The van der Waals surface area contributed by atoms with Gasteiger partial charge in [-0.05, 0) is 18.4 Å². The highest BCUT2D eigenvalue weighted by Crippen LogP contribution is 2.30. The van der Waals surface area contributed by atoms with Gasteiger partial charge in [-0.2, -0.15) is 0 Å². The Morgan fingerprint density at radius 2 is 1.84 bits per heavy atom. The molecule has 1 fully saturated rings. The number of hydrogen-bond acceptors (Lipinski definition) is 5. The standard InChI is InChI=1S/C18H20N2O4S/c1-12-17(21)20(13-9-14(23-2)11-15(10-13)24-3)7-6-19(12)18(22)16-5-4-8-25-16/h4-5,8-12H,6-7H2,1-3H3. The smallest absolute Gasteiger partial charge is 0.264 e. The highest BCUT2D eigenvalue weighted by atomic mass is 32.1. The van der Waals surface area contributed by atoms with Crippen LogP contribution >= 0.6 is 11.3 Å². The molecule has 2 aromatic rings. The van der Waals surface area contributed by atoms with Crippen molar-refractivity contribution in [2.45, 2.75) is 13.0 Å². The molecule has 1 atom stereocenters. The summed E-state index contributed by atoms with van der Waals surface area (Å²) >= 11 is 1.39. The van der Waals surface area contributed by atoms with Gasteiger partial charge in [0.05, 0.1) is 24.8 Å². The number of thiophene rings is 1. The second-order valence-electron chi connectivity index (χ2n) is 5.71. The number of benzene rings is 1. The van der Waals surface area contributed by atoms with E-state index in [-0.39, 0.29) is 11.8 Å². The first kappa shape index (κ1) is 17.3. The maximum Gasteiger partial charge on any atom is 0.264 e. The zero-order chi connectivity index (χ0) is 18.0. The molecule has 3 rings (SSSR count). The van der Waals surface area contributed by atoms with E-state index in [0.29, 0.717) is 35.2 Å². The zero-order valence-electron chi connectivity index (χ0n) is 14.4. The molecule has 1 saturated heterocycles. The summed E-state index contributed by atoms with van der Waals surface area (Å²) in [5.41, 5.74) is 0.705. The second-order valence-corrected chi connectivity index (χ2v) is 6.66. The van der Waals surface area contributed by atoms with E-state index >= 15 is 0 Å². The van der Waals surface area contributed by atoms with Gasteiger partial charge in [0.25, 0.3) is 5.91 Å². The van der Waals surface area contributed by atoms with Crippen LogP contribution in [0, 0.1) is 0 Å². The molecule has 25 heavy (non-hydrogen) atoms. The number of ether oxygens (including phenoxy) is 2. The number of hydrogen-bond donors (Lipinski definition) is 0. The van der Waals surface area contributed by atoms with Crippen molar-refractivity contribution in [1.82, 2.24) is 4.90 Å². The molecule has 1 aliphatic rings. The summed E-state index contributed by atoms with van der Waals surface area (Å²) in [6.45, 7) is 2.66. The van der Waals surface area contributed by atoms with Gasteiger partial charge in [0.2, 0.25) is 5.91 Å². The summed E-state index contributed by atoms with van der Waals surface area (Å²) in [5.74, 6) is 1.02. The normalized spacial score (nSPS) is 17.6. The van der Waals surface area contributed by atoms with Crippen LogP contribution in [0.2, 0.25) is 0 Å². The van der Waals surface area contributed by atoms with E-state index in [1.807, 2.05) is 11.4 Å². The van der Waals surface area contributed by atoms with Gasteiger partial charge in [-0.1, -0.05) is 6.07 Å². The van der Waals surface area contributed by atoms with Crippen LogP contribution in [0.1, 0.15) is 16.6 Å². The number of amides is 2. The number of anilines is 1. The van der Waals surface area contributed by atoms with Gasteiger partial charge in [-0.15, -0.1) is 11.3 Å². The van der Waals surface area contributed by atoms with Crippen molar-refractivity contribution in [3.05, 3.63) is 40.6 Å². The van der Waals surface area contributed by atoms with Crippen molar-refractivity contribution < 1.29 is 19.1 Å². The molecule has 2 heterocycles. The lowest BCUT2D eigenvalue weighted by Crippen LogP contribution is -2.57. The number of carbonyl (C=O) groups excluding carboxylic acids is 2. The van der Waals surface area contributed by atoms with Gasteiger partial charge in [0.1, 0.15) is 17.5 Å². The molecule has 1 unspecified atom stereocenters. The minimum absolute atomic E-state index is 0.0984. The van der Waals surface area contributed by atoms with Gasteiger partial charge >= 0.3 is 0 Å². The highest BCUT2D eigenvalue weighted by molar-refractivity contribution is 7.12. The summed E-state index contributed by atoms with van der Waals surface area (Å²) in [7, 11) is 3.14. The Labute approximate surface area is 150 Å². The number of nitrogens with zero attached hydrogens (tertiary/aromatic N) is 2. The lowest BCUT2D eigenvalue weighted by atomic mass is 10.1. The molecule has 0 N–H and O–H groups in total. The average molecular weight is 360 g/mol. The third-order valence-electron chi connectivity index (χ3n) is 4.30. The third-order valence-corrected chi connectivity index (χ3v) is 5.15. The first-order valence-electron chi connectivity index (χ1n) is 7.94. The van der Waals surface area contributed by atoms with Crippen LogP contribution in [-0.4, -0.2) is 50.1 Å². The minimum atomic E-state index is -0.527. The lowest BCUT2D eigenvalue weighted by molar-refractivity contribution is -0.124. The molecule has 0 bridgehead atoms. The van der Waals surface area contributed by atoms with Gasteiger partial charge in [0.15, 0.2) is 0 Å². The third kappa shape index (κ3) is 3.32. The molecule has 0 radical (unpaired) electrons. The predicted octanol–water partition coefficient (Wildman–Crippen LogP) is 2.64. The van der Waals surface area contributed by atoms with Gasteiger partial charge < -0.3 is 19.3 Å². The maximum absolute atomic E-state index is 12.9. The van der Waals surface area contributed by atoms with Crippen molar-refractivity contribution in [2.75, 3.05) is 32.2 Å². The van der Waals surface area contributed by atoms with Crippen molar-refractivity contribution in [3.8, 4) is 11.5 Å². The molecule has 1 aliphatic heterocycles. The SMILES string of the molecule is COc1cc(OC)cc(N2CCN(C(=O)c3cccs3)C(C)C2=O)c1. The Bertz CT molecular complexity index is 753. The van der Waals surface area contributed by atoms with Crippen LogP contribution in [0.4, 0.5) is 5.69 Å². The van der Waals surface area contributed by atoms with Crippen molar-refractivity contribution in [2.24, 2.45) is 0 Å². The molecule has 2 amide bonds. The molecule has 1 aromatic heterocycles. The Balaban J connectivity index is 1.83. The molecule has 132 valence electrons. The number of rotatable bonds is 4. The summed E-state index contributed by atoms with van der Waals surface area (Å²) in [6, 6.07) is 8.44. The molecule has 7 heteroatoms. The topological polar surface area (TPSA) is 59.1 Å². The minimum Gasteiger partial charge on any atom is -0.497 e. The van der Waals surface area contributed by atoms with E-state index in [9.17, 15) is 9.59 Å². The van der Waals surface area contributed by atoms with E-state index in [1.54, 1.807) is 55.2 Å². The Kier molecular flexibility index (Phi) is 4.94. The number of methoxy groups -OCH3 is 2. The Hall–Kier alpha value is -2.54. The number of carbonyl (C=O) groups is 2. The average Bonchev–Trinajstić information content (AvgIpc) is 3.17. The fourth-order valence-corrected chi connectivity index (χ4v) is 3.57. The Morgan fingerprint density at radius 3 is 2.40 bits per heavy atom. The van der Waals surface area contributed by atoms with Crippen molar-refractivity contribution >= 4 is 28.8 Å². The van der Waals surface area contributed by atoms with Crippen LogP contribution in [-0.2, 0) is 4.79 Å². The molecular formula is C18H20N2O4S. The first-order valence-corrected chi connectivity index (χ1v) is 8.82.